The maximum atomic E-state index is 5.46. The molecule has 3 nitrogen and oxygen atoms in total. The molecule has 1 aliphatic heterocycles. The second-order valence-corrected chi connectivity index (χ2v) is 3.63. The molecule has 12 heavy (non-hydrogen) atoms. The summed E-state index contributed by atoms with van der Waals surface area (Å²) in [6.07, 6.45) is 2.54. The summed E-state index contributed by atoms with van der Waals surface area (Å²) in [7, 11) is 2.13. The van der Waals surface area contributed by atoms with E-state index < -0.39 is 0 Å². The second kappa shape index (κ2) is 5.51. The zero-order valence-electron chi connectivity index (χ0n) is 7.96. The SMILES string of the molecule is CN(CCN)C[C@H]1CCCOC1. The van der Waals surface area contributed by atoms with E-state index >= 15 is 0 Å². The van der Waals surface area contributed by atoms with Crippen molar-refractivity contribution in [2.24, 2.45) is 11.7 Å². The number of rotatable bonds is 4. The smallest absolute Gasteiger partial charge is 0.0506 e. The summed E-state index contributed by atoms with van der Waals surface area (Å²) in [6, 6.07) is 0. The van der Waals surface area contributed by atoms with E-state index in [1.165, 1.54) is 12.8 Å². The molecule has 72 valence electrons. The average Bonchev–Trinajstić information content (AvgIpc) is 2.06. The predicted molar refractivity (Wildman–Crippen MR) is 50.1 cm³/mol. The minimum atomic E-state index is 0.732. The zero-order valence-corrected chi connectivity index (χ0v) is 7.96. The summed E-state index contributed by atoms with van der Waals surface area (Å²) < 4.78 is 5.40. The van der Waals surface area contributed by atoms with Gasteiger partial charge in [0, 0.05) is 26.2 Å². The van der Waals surface area contributed by atoms with E-state index in [0.717, 1.165) is 38.8 Å². The van der Waals surface area contributed by atoms with E-state index in [-0.39, 0.29) is 0 Å². The van der Waals surface area contributed by atoms with Crippen molar-refractivity contribution in [2.75, 3.05) is 39.9 Å². The van der Waals surface area contributed by atoms with Crippen LogP contribution >= 0.6 is 0 Å². The molecule has 2 N–H and O–H groups in total. The highest BCUT2D eigenvalue weighted by Gasteiger charge is 2.14. The van der Waals surface area contributed by atoms with E-state index in [9.17, 15) is 0 Å². The van der Waals surface area contributed by atoms with Crippen LogP contribution in [0.1, 0.15) is 12.8 Å². The van der Waals surface area contributed by atoms with Gasteiger partial charge < -0.3 is 15.4 Å². The number of hydrogen-bond acceptors (Lipinski definition) is 3. The van der Waals surface area contributed by atoms with Gasteiger partial charge in [-0.2, -0.15) is 0 Å². The molecular weight excluding hydrogens is 152 g/mol. The fraction of sp³-hybridized carbons (Fsp3) is 1.00. The lowest BCUT2D eigenvalue weighted by Crippen LogP contribution is -2.33. The molecule has 0 saturated carbocycles. The summed E-state index contributed by atoms with van der Waals surface area (Å²) in [5.41, 5.74) is 5.46. The molecule has 1 fully saturated rings. The van der Waals surface area contributed by atoms with Gasteiger partial charge >= 0.3 is 0 Å². The van der Waals surface area contributed by atoms with E-state index in [0.29, 0.717) is 0 Å². The van der Waals surface area contributed by atoms with Gasteiger partial charge in [0.2, 0.25) is 0 Å². The van der Waals surface area contributed by atoms with E-state index in [1.807, 2.05) is 0 Å². The molecule has 0 aromatic rings. The van der Waals surface area contributed by atoms with Gasteiger partial charge in [-0.3, -0.25) is 0 Å². The first-order valence-corrected chi connectivity index (χ1v) is 4.79. The minimum absolute atomic E-state index is 0.732. The molecule has 0 radical (unpaired) electrons. The Bertz CT molecular complexity index is 113. The number of likely N-dealkylation sites (N-methyl/N-ethyl adjacent to an activating group) is 1. The third kappa shape index (κ3) is 3.52. The van der Waals surface area contributed by atoms with Crippen molar-refractivity contribution in [1.82, 2.24) is 4.90 Å². The lowest BCUT2D eigenvalue weighted by Gasteiger charge is -2.26. The minimum Gasteiger partial charge on any atom is -0.381 e. The van der Waals surface area contributed by atoms with Gasteiger partial charge in [0.15, 0.2) is 0 Å². The van der Waals surface area contributed by atoms with Gasteiger partial charge in [0.25, 0.3) is 0 Å². The Morgan fingerprint density at radius 1 is 1.58 bits per heavy atom. The molecule has 0 unspecified atom stereocenters. The molecule has 0 bridgehead atoms. The molecular formula is C9H20N2O. The van der Waals surface area contributed by atoms with Crippen LogP contribution in [0.5, 0.6) is 0 Å². The Hall–Kier alpha value is -0.120. The molecule has 0 aromatic heterocycles. The third-order valence-corrected chi connectivity index (χ3v) is 2.34. The van der Waals surface area contributed by atoms with Crippen LogP contribution in [0.3, 0.4) is 0 Å². The highest BCUT2D eigenvalue weighted by Crippen LogP contribution is 2.13. The Kier molecular flexibility index (Phi) is 4.58. The van der Waals surface area contributed by atoms with Crippen LogP contribution in [0.15, 0.2) is 0 Å². The lowest BCUT2D eigenvalue weighted by atomic mass is 10.0. The Balaban J connectivity index is 2.11. The number of ether oxygens (including phenoxy) is 1. The molecule has 1 saturated heterocycles. The highest BCUT2D eigenvalue weighted by molar-refractivity contribution is 4.66. The summed E-state index contributed by atoms with van der Waals surface area (Å²) in [5.74, 6) is 0.732. The molecule has 1 atom stereocenters. The van der Waals surface area contributed by atoms with Crippen molar-refractivity contribution < 1.29 is 4.74 Å². The molecule has 0 spiro atoms. The molecule has 3 heteroatoms. The summed E-state index contributed by atoms with van der Waals surface area (Å²) in [6.45, 7) is 4.78. The lowest BCUT2D eigenvalue weighted by molar-refractivity contribution is 0.0424. The van der Waals surface area contributed by atoms with E-state index in [1.54, 1.807) is 0 Å². The normalized spacial score (nSPS) is 24.8. The zero-order chi connectivity index (χ0) is 8.81. The quantitative estimate of drug-likeness (QED) is 0.663. The molecule has 1 rings (SSSR count). The Morgan fingerprint density at radius 3 is 3.00 bits per heavy atom. The topological polar surface area (TPSA) is 38.5 Å². The van der Waals surface area contributed by atoms with Crippen molar-refractivity contribution >= 4 is 0 Å². The van der Waals surface area contributed by atoms with Gasteiger partial charge in [0.1, 0.15) is 0 Å². The van der Waals surface area contributed by atoms with Crippen molar-refractivity contribution in [2.45, 2.75) is 12.8 Å². The highest BCUT2D eigenvalue weighted by atomic mass is 16.5. The van der Waals surface area contributed by atoms with Crippen LogP contribution in [-0.4, -0.2) is 44.8 Å². The number of nitrogens with two attached hydrogens (primary N) is 1. The first-order chi connectivity index (χ1) is 5.83. The molecule has 0 aromatic carbocycles. The first kappa shape index (κ1) is 9.96. The molecule has 0 aliphatic carbocycles. The maximum absolute atomic E-state index is 5.46. The van der Waals surface area contributed by atoms with Crippen molar-refractivity contribution in [3.05, 3.63) is 0 Å². The van der Waals surface area contributed by atoms with Crippen molar-refractivity contribution in [3.8, 4) is 0 Å². The molecule has 1 aliphatic rings. The first-order valence-electron chi connectivity index (χ1n) is 4.79. The van der Waals surface area contributed by atoms with Gasteiger partial charge in [-0.1, -0.05) is 0 Å². The van der Waals surface area contributed by atoms with Gasteiger partial charge in [0.05, 0.1) is 6.61 Å². The van der Waals surface area contributed by atoms with Crippen LogP contribution in [0.2, 0.25) is 0 Å². The largest absolute Gasteiger partial charge is 0.381 e. The second-order valence-electron chi connectivity index (χ2n) is 3.63. The summed E-state index contributed by atoms with van der Waals surface area (Å²) >= 11 is 0. The Labute approximate surface area is 74.9 Å². The summed E-state index contributed by atoms with van der Waals surface area (Å²) in [5, 5.41) is 0. The van der Waals surface area contributed by atoms with Crippen LogP contribution < -0.4 is 5.73 Å². The fourth-order valence-corrected chi connectivity index (χ4v) is 1.70. The predicted octanol–water partition coefficient (Wildman–Crippen LogP) is 0.303. The third-order valence-electron chi connectivity index (χ3n) is 2.34. The van der Waals surface area contributed by atoms with E-state index in [2.05, 4.69) is 11.9 Å². The van der Waals surface area contributed by atoms with Gasteiger partial charge in [-0.15, -0.1) is 0 Å². The summed E-state index contributed by atoms with van der Waals surface area (Å²) in [4.78, 5) is 2.29. The van der Waals surface area contributed by atoms with Crippen LogP contribution in [0, 0.1) is 5.92 Å². The maximum Gasteiger partial charge on any atom is 0.0506 e. The van der Waals surface area contributed by atoms with E-state index in [4.69, 9.17) is 10.5 Å². The van der Waals surface area contributed by atoms with Crippen molar-refractivity contribution in [3.63, 3.8) is 0 Å². The Morgan fingerprint density at radius 2 is 2.42 bits per heavy atom. The van der Waals surface area contributed by atoms with Crippen LogP contribution in [0.4, 0.5) is 0 Å². The van der Waals surface area contributed by atoms with Gasteiger partial charge in [-0.05, 0) is 25.8 Å². The standard InChI is InChI=1S/C9H20N2O/c1-11(5-4-10)7-9-3-2-6-12-8-9/h9H,2-8,10H2,1H3/t9-/m1/s1. The monoisotopic (exact) mass is 172 g/mol. The molecule has 1 heterocycles. The van der Waals surface area contributed by atoms with Crippen LogP contribution in [-0.2, 0) is 4.74 Å². The molecule has 0 amide bonds. The average molecular weight is 172 g/mol. The number of hydrogen-bond donors (Lipinski definition) is 1. The number of nitrogens with zero attached hydrogens (tertiary/aromatic N) is 1. The van der Waals surface area contributed by atoms with Gasteiger partial charge in [-0.25, -0.2) is 0 Å². The van der Waals surface area contributed by atoms with Crippen molar-refractivity contribution in [1.29, 1.82) is 0 Å². The fourth-order valence-electron chi connectivity index (χ4n) is 1.70. The van der Waals surface area contributed by atoms with Crippen LogP contribution in [0.25, 0.3) is 0 Å².